The van der Waals surface area contributed by atoms with E-state index in [4.69, 9.17) is 4.74 Å². The van der Waals surface area contributed by atoms with Crippen molar-refractivity contribution in [3.63, 3.8) is 0 Å². The summed E-state index contributed by atoms with van der Waals surface area (Å²) in [6.07, 6.45) is 0. The fourth-order valence-electron chi connectivity index (χ4n) is 3.21. The van der Waals surface area contributed by atoms with E-state index in [9.17, 15) is 4.79 Å². The van der Waals surface area contributed by atoms with Crippen LogP contribution in [-0.2, 0) is 0 Å². The molecule has 27 heavy (non-hydrogen) atoms. The van der Waals surface area contributed by atoms with Crippen LogP contribution in [0.4, 0.5) is 17.3 Å². The number of fused-ring (bicyclic) bond motifs is 1. The van der Waals surface area contributed by atoms with E-state index in [1.807, 2.05) is 68.4 Å². The highest BCUT2D eigenvalue weighted by atomic mass is 16.5. The molecule has 0 bridgehead atoms. The summed E-state index contributed by atoms with van der Waals surface area (Å²) in [5, 5.41) is 3.20. The molecule has 1 aromatic heterocycles. The molecular weight excluding hydrogens is 340 g/mol. The summed E-state index contributed by atoms with van der Waals surface area (Å²) in [5.74, 6) is 1.12. The zero-order valence-electron chi connectivity index (χ0n) is 15.3. The minimum atomic E-state index is -0.0850. The van der Waals surface area contributed by atoms with Crippen LogP contribution in [0.2, 0.25) is 0 Å². The van der Waals surface area contributed by atoms with E-state index in [-0.39, 0.29) is 5.91 Å². The van der Waals surface area contributed by atoms with Gasteiger partial charge in [0.25, 0.3) is 5.91 Å². The van der Waals surface area contributed by atoms with Gasteiger partial charge in [0.05, 0.1) is 23.5 Å². The number of nitrogens with one attached hydrogen (secondary N) is 1. The number of hydrogen-bond donors (Lipinski definition) is 1. The summed E-state index contributed by atoms with van der Waals surface area (Å²) in [6, 6.07) is 16.9. The molecule has 0 aliphatic carbocycles. The van der Waals surface area contributed by atoms with Gasteiger partial charge < -0.3 is 15.0 Å². The summed E-state index contributed by atoms with van der Waals surface area (Å²) in [5.41, 5.74) is 3.77. The maximum atomic E-state index is 13.3. The second-order valence-electron chi connectivity index (χ2n) is 6.42. The minimum Gasteiger partial charge on any atom is -0.490 e. The Morgan fingerprint density at radius 3 is 2.56 bits per heavy atom. The Balaban J connectivity index is 1.68. The SMILES string of the molecule is Cc1cc(C)nc(Nc2ccccc2C(=O)N2CCOc3ccccc32)n1. The highest BCUT2D eigenvalue weighted by molar-refractivity contribution is 6.10. The molecule has 6 nitrogen and oxygen atoms in total. The zero-order valence-corrected chi connectivity index (χ0v) is 15.3. The molecule has 0 fully saturated rings. The number of hydrogen-bond acceptors (Lipinski definition) is 5. The van der Waals surface area contributed by atoms with Crippen LogP contribution in [0, 0.1) is 13.8 Å². The molecule has 0 saturated heterocycles. The van der Waals surface area contributed by atoms with Crippen LogP contribution in [-0.4, -0.2) is 29.0 Å². The Labute approximate surface area is 157 Å². The Bertz CT molecular complexity index is 983. The van der Waals surface area contributed by atoms with Crippen molar-refractivity contribution in [2.24, 2.45) is 0 Å². The van der Waals surface area contributed by atoms with Gasteiger partial charge in [-0.3, -0.25) is 4.79 Å². The molecule has 6 heteroatoms. The first-order valence-corrected chi connectivity index (χ1v) is 8.84. The number of benzene rings is 2. The number of carbonyl (C=O) groups is 1. The van der Waals surface area contributed by atoms with Gasteiger partial charge in [-0.05, 0) is 44.2 Å². The topological polar surface area (TPSA) is 67.4 Å². The molecule has 0 unspecified atom stereocenters. The molecule has 4 rings (SSSR count). The first-order valence-electron chi connectivity index (χ1n) is 8.84. The van der Waals surface area contributed by atoms with Crippen molar-refractivity contribution in [2.45, 2.75) is 13.8 Å². The average Bonchev–Trinajstić information content (AvgIpc) is 2.67. The van der Waals surface area contributed by atoms with Crippen LogP contribution in [0.3, 0.4) is 0 Å². The number of nitrogens with zero attached hydrogens (tertiary/aromatic N) is 3. The smallest absolute Gasteiger partial charge is 0.260 e. The van der Waals surface area contributed by atoms with Gasteiger partial charge >= 0.3 is 0 Å². The van der Waals surface area contributed by atoms with Gasteiger partial charge in [-0.25, -0.2) is 9.97 Å². The third kappa shape index (κ3) is 3.46. The number of ether oxygens (including phenoxy) is 1. The van der Waals surface area contributed by atoms with Crippen LogP contribution >= 0.6 is 0 Å². The zero-order chi connectivity index (χ0) is 18.8. The van der Waals surface area contributed by atoms with E-state index in [1.165, 1.54) is 0 Å². The number of carbonyl (C=O) groups excluding carboxylic acids is 1. The second kappa shape index (κ2) is 7.07. The Morgan fingerprint density at radius 1 is 1.04 bits per heavy atom. The van der Waals surface area contributed by atoms with Crippen molar-refractivity contribution >= 4 is 23.2 Å². The lowest BCUT2D eigenvalue weighted by Gasteiger charge is -2.30. The molecule has 2 heterocycles. The molecule has 0 spiro atoms. The van der Waals surface area contributed by atoms with Gasteiger partial charge in [0, 0.05) is 11.4 Å². The molecule has 1 amide bonds. The quantitative estimate of drug-likeness (QED) is 0.768. The Morgan fingerprint density at radius 2 is 1.74 bits per heavy atom. The maximum absolute atomic E-state index is 13.3. The number of amides is 1. The summed E-state index contributed by atoms with van der Waals surface area (Å²) < 4.78 is 5.66. The third-order valence-corrected chi connectivity index (χ3v) is 4.36. The van der Waals surface area contributed by atoms with E-state index < -0.39 is 0 Å². The van der Waals surface area contributed by atoms with Gasteiger partial charge in [-0.15, -0.1) is 0 Å². The predicted molar refractivity (Wildman–Crippen MR) is 105 cm³/mol. The number of aromatic nitrogens is 2. The fourth-order valence-corrected chi connectivity index (χ4v) is 3.21. The number of para-hydroxylation sites is 3. The predicted octanol–water partition coefficient (Wildman–Crippen LogP) is 3.88. The van der Waals surface area contributed by atoms with E-state index >= 15 is 0 Å². The van der Waals surface area contributed by atoms with Crippen molar-refractivity contribution in [3.8, 4) is 5.75 Å². The first kappa shape index (κ1) is 17.0. The molecule has 1 aliphatic heterocycles. The molecule has 0 saturated carbocycles. The summed E-state index contributed by atoms with van der Waals surface area (Å²) >= 11 is 0. The Hall–Kier alpha value is -3.41. The van der Waals surface area contributed by atoms with Gasteiger partial charge in [0.1, 0.15) is 12.4 Å². The van der Waals surface area contributed by atoms with Crippen LogP contribution in [0.1, 0.15) is 21.7 Å². The lowest BCUT2D eigenvalue weighted by Crippen LogP contribution is -2.38. The molecule has 0 atom stereocenters. The minimum absolute atomic E-state index is 0.0850. The molecule has 0 radical (unpaired) electrons. The van der Waals surface area contributed by atoms with E-state index in [0.717, 1.165) is 22.8 Å². The van der Waals surface area contributed by atoms with Gasteiger partial charge in [0.15, 0.2) is 0 Å². The number of aryl methyl sites for hydroxylation is 2. The summed E-state index contributed by atoms with van der Waals surface area (Å²) in [7, 11) is 0. The normalized spacial score (nSPS) is 12.9. The highest BCUT2D eigenvalue weighted by Gasteiger charge is 2.26. The van der Waals surface area contributed by atoms with Crippen molar-refractivity contribution < 1.29 is 9.53 Å². The van der Waals surface area contributed by atoms with Gasteiger partial charge in [-0.2, -0.15) is 0 Å². The molecular formula is C21H20N4O2. The van der Waals surface area contributed by atoms with E-state index in [2.05, 4.69) is 15.3 Å². The third-order valence-electron chi connectivity index (χ3n) is 4.36. The standard InChI is InChI=1S/C21H20N4O2/c1-14-13-15(2)23-21(22-14)24-17-8-4-3-7-16(17)20(26)25-11-12-27-19-10-6-5-9-18(19)25/h3-10,13H,11-12H2,1-2H3,(H,22,23,24). The number of anilines is 3. The van der Waals surface area contributed by atoms with E-state index in [1.54, 1.807) is 4.90 Å². The van der Waals surface area contributed by atoms with Crippen molar-refractivity contribution in [3.05, 3.63) is 71.5 Å². The van der Waals surface area contributed by atoms with Crippen LogP contribution in [0.5, 0.6) is 5.75 Å². The summed E-state index contributed by atoms with van der Waals surface area (Å²) in [4.78, 5) is 23.9. The first-order chi connectivity index (χ1) is 13.1. The second-order valence-corrected chi connectivity index (χ2v) is 6.42. The van der Waals surface area contributed by atoms with Crippen LogP contribution in [0.25, 0.3) is 0 Å². The van der Waals surface area contributed by atoms with Crippen molar-refractivity contribution in [1.29, 1.82) is 0 Å². The molecule has 3 aromatic rings. The van der Waals surface area contributed by atoms with Crippen molar-refractivity contribution in [1.82, 2.24) is 9.97 Å². The van der Waals surface area contributed by atoms with Crippen molar-refractivity contribution in [2.75, 3.05) is 23.4 Å². The van der Waals surface area contributed by atoms with E-state index in [0.29, 0.717) is 30.4 Å². The van der Waals surface area contributed by atoms with Crippen LogP contribution < -0.4 is 15.0 Å². The lowest BCUT2D eigenvalue weighted by molar-refractivity contribution is 0.0977. The number of rotatable bonds is 3. The Kier molecular flexibility index (Phi) is 4.46. The monoisotopic (exact) mass is 360 g/mol. The average molecular weight is 360 g/mol. The summed E-state index contributed by atoms with van der Waals surface area (Å²) in [6.45, 7) is 4.81. The molecule has 136 valence electrons. The van der Waals surface area contributed by atoms with Gasteiger partial charge in [0.2, 0.25) is 5.95 Å². The fraction of sp³-hybridized carbons (Fsp3) is 0.190. The molecule has 1 N–H and O–H groups in total. The molecule has 1 aliphatic rings. The van der Waals surface area contributed by atoms with Crippen LogP contribution in [0.15, 0.2) is 54.6 Å². The lowest BCUT2D eigenvalue weighted by atomic mass is 10.1. The highest BCUT2D eigenvalue weighted by Crippen LogP contribution is 2.33. The molecule has 2 aromatic carbocycles. The maximum Gasteiger partial charge on any atom is 0.260 e. The van der Waals surface area contributed by atoms with Gasteiger partial charge in [-0.1, -0.05) is 24.3 Å². The largest absolute Gasteiger partial charge is 0.490 e.